The van der Waals surface area contributed by atoms with Crippen LogP contribution in [-0.2, 0) is 11.3 Å². The summed E-state index contributed by atoms with van der Waals surface area (Å²) in [6.45, 7) is 0.0982. The third-order valence-corrected chi connectivity index (χ3v) is 5.75. The molecule has 6 nitrogen and oxygen atoms in total. The number of halogens is 1. The molecule has 0 radical (unpaired) electrons. The Labute approximate surface area is 180 Å². The Morgan fingerprint density at radius 3 is 2.50 bits per heavy atom. The summed E-state index contributed by atoms with van der Waals surface area (Å²) in [6, 6.07) is 16.7. The fourth-order valence-electron chi connectivity index (χ4n) is 2.93. The Morgan fingerprint density at radius 2 is 1.80 bits per heavy atom. The molecule has 1 aliphatic heterocycles. The fraction of sp³-hybridized carbons (Fsp3) is 0.0455. The molecule has 150 valence electrons. The molecule has 1 fully saturated rings. The van der Waals surface area contributed by atoms with E-state index in [1.807, 2.05) is 0 Å². The van der Waals surface area contributed by atoms with Crippen molar-refractivity contribution in [2.45, 2.75) is 6.54 Å². The van der Waals surface area contributed by atoms with Gasteiger partial charge in [0.25, 0.3) is 11.1 Å². The number of carboxylic acid groups (broad SMARTS) is 1. The number of furan rings is 1. The van der Waals surface area contributed by atoms with E-state index >= 15 is 0 Å². The SMILES string of the molecule is O=C(O)c1ccc(-c2ccc(/C=C3\SC(=O)N(Cc4ccccc4Cl)C3=O)o2)cc1. The van der Waals surface area contributed by atoms with E-state index in [1.165, 1.54) is 18.2 Å². The molecule has 30 heavy (non-hydrogen) atoms. The van der Waals surface area contributed by atoms with Crippen LogP contribution in [0.1, 0.15) is 21.7 Å². The number of carbonyl (C=O) groups is 3. The third kappa shape index (κ3) is 4.03. The van der Waals surface area contributed by atoms with Gasteiger partial charge in [0, 0.05) is 16.7 Å². The Morgan fingerprint density at radius 1 is 1.07 bits per heavy atom. The third-order valence-electron chi connectivity index (χ3n) is 4.48. The molecular weight excluding hydrogens is 426 g/mol. The van der Waals surface area contributed by atoms with Crippen molar-refractivity contribution in [3.63, 3.8) is 0 Å². The maximum absolute atomic E-state index is 12.7. The highest BCUT2D eigenvalue weighted by Crippen LogP contribution is 2.35. The number of thioether (sulfide) groups is 1. The van der Waals surface area contributed by atoms with Gasteiger partial charge in [-0.05, 0) is 47.7 Å². The van der Waals surface area contributed by atoms with Crippen LogP contribution in [0.2, 0.25) is 5.02 Å². The summed E-state index contributed by atoms with van der Waals surface area (Å²) in [4.78, 5) is 37.4. The average Bonchev–Trinajstić information content (AvgIpc) is 3.30. The molecule has 1 aliphatic rings. The lowest BCUT2D eigenvalue weighted by molar-refractivity contribution is -0.123. The van der Waals surface area contributed by atoms with E-state index in [-0.39, 0.29) is 22.3 Å². The summed E-state index contributed by atoms with van der Waals surface area (Å²) < 4.78 is 5.75. The van der Waals surface area contributed by atoms with E-state index in [0.29, 0.717) is 27.7 Å². The van der Waals surface area contributed by atoms with Crippen LogP contribution in [0.4, 0.5) is 4.79 Å². The van der Waals surface area contributed by atoms with Crippen LogP contribution in [0, 0.1) is 0 Å². The second-order valence-electron chi connectivity index (χ2n) is 6.44. The average molecular weight is 440 g/mol. The maximum atomic E-state index is 12.7. The number of carbonyl (C=O) groups excluding carboxylic acids is 2. The minimum atomic E-state index is -1.01. The van der Waals surface area contributed by atoms with Gasteiger partial charge in [-0.15, -0.1) is 0 Å². The molecule has 8 heteroatoms. The summed E-state index contributed by atoms with van der Waals surface area (Å²) in [7, 11) is 0. The van der Waals surface area contributed by atoms with Gasteiger partial charge in [-0.25, -0.2) is 4.79 Å². The van der Waals surface area contributed by atoms with Crippen molar-refractivity contribution < 1.29 is 23.9 Å². The molecule has 1 aromatic heterocycles. The zero-order valence-electron chi connectivity index (χ0n) is 15.4. The maximum Gasteiger partial charge on any atom is 0.335 e. The predicted molar refractivity (Wildman–Crippen MR) is 114 cm³/mol. The van der Waals surface area contributed by atoms with Crippen molar-refractivity contribution in [3.8, 4) is 11.3 Å². The van der Waals surface area contributed by atoms with E-state index in [1.54, 1.807) is 48.5 Å². The highest BCUT2D eigenvalue weighted by atomic mass is 35.5. The van der Waals surface area contributed by atoms with Gasteiger partial charge in [0.15, 0.2) is 0 Å². The Balaban J connectivity index is 1.53. The quantitative estimate of drug-likeness (QED) is 0.525. The Bertz CT molecular complexity index is 1180. The van der Waals surface area contributed by atoms with Crippen LogP contribution in [-0.4, -0.2) is 27.1 Å². The Kier molecular flexibility index (Phi) is 5.48. The van der Waals surface area contributed by atoms with Gasteiger partial charge in [0.1, 0.15) is 11.5 Å². The summed E-state index contributed by atoms with van der Waals surface area (Å²) >= 11 is 6.98. The van der Waals surface area contributed by atoms with Crippen molar-refractivity contribution >= 4 is 46.6 Å². The van der Waals surface area contributed by atoms with E-state index in [4.69, 9.17) is 21.1 Å². The topological polar surface area (TPSA) is 87.8 Å². The second kappa shape index (κ2) is 8.22. The first kappa shape index (κ1) is 20.0. The standard InChI is InChI=1S/C22H14ClNO5S/c23-17-4-2-1-3-15(17)12-24-20(25)19(30-22(24)28)11-16-9-10-18(29-16)13-5-7-14(8-6-13)21(26)27/h1-11H,12H2,(H,26,27)/b19-11-. The molecule has 0 saturated carbocycles. The molecule has 0 unspecified atom stereocenters. The van der Waals surface area contributed by atoms with Crippen molar-refractivity contribution in [1.29, 1.82) is 0 Å². The lowest BCUT2D eigenvalue weighted by atomic mass is 10.1. The molecule has 2 aromatic carbocycles. The normalized spacial score (nSPS) is 15.2. The molecule has 3 aromatic rings. The number of carboxylic acids is 1. The first-order valence-electron chi connectivity index (χ1n) is 8.85. The number of aromatic carboxylic acids is 1. The molecule has 1 N–H and O–H groups in total. The zero-order valence-corrected chi connectivity index (χ0v) is 16.9. The number of hydrogen-bond acceptors (Lipinski definition) is 5. The number of imide groups is 1. The van der Waals surface area contributed by atoms with Gasteiger partial charge >= 0.3 is 5.97 Å². The monoisotopic (exact) mass is 439 g/mol. The second-order valence-corrected chi connectivity index (χ2v) is 7.84. The molecule has 1 saturated heterocycles. The number of benzene rings is 2. The number of amides is 2. The predicted octanol–water partition coefficient (Wildman–Crippen LogP) is 5.53. The number of nitrogens with zero attached hydrogens (tertiary/aromatic N) is 1. The zero-order chi connectivity index (χ0) is 21.3. The number of hydrogen-bond donors (Lipinski definition) is 1. The van der Waals surface area contributed by atoms with Crippen LogP contribution in [0.5, 0.6) is 0 Å². The fourth-order valence-corrected chi connectivity index (χ4v) is 3.94. The molecule has 2 amide bonds. The molecular formula is C22H14ClNO5S. The van der Waals surface area contributed by atoms with Crippen LogP contribution in [0.15, 0.2) is 70.0 Å². The van der Waals surface area contributed by atoms with Crippen LogP contribution < -0.4 is 0 Å². The van der Waals surface area contributed by atoms with Crippen molar-refractivity contribution in [3.05, 3.63) is 87.5 Å². The van der Waals surface area contributed by atoms with E-state index in [2.05, 4.69) is 0 Å². The van der Waals surface area contributed by atoms with Crippen molar-refractivity contribution in [2.75, 3.05) is 0 Å². The minimum absolute atomic E-state index is 0.0982. The number of rotatable bonds is 5. The Hall–Kier alpha value is -3.29. The first-order valence-corrected chi connectivity index (χ1v) is 10.0. The van der Waals surface area contributed by atoms with Crippen molar-refractivity contribution in [1.82, 2.24) is 4.90 Å². The highest BCUT2D eigenvalue weighted by Gasteiger charge is 2.35. The van der Waals surface area contributed by atoms with Crippen molar-refractivity contribution in [2.24, 2.45) is 0 Å². The molecule has 0 atom stereocenters. The molecule has 2 heterocycles. The smallest absolute Gasteiger partial charge is 0.335 e. The van der Waals surface area contributed by atoms with Gasteiger partial charge in [0.05, 0.1) is 17.0 Å². The van der Waals surface area contributed by atoms with Gasteiger partial charge in [-0.1, -0.05) is 41.9 Å². The van der Waals surface area contributed by atoms with E-state index in [0.717, 1.165) is 16.7 Å². The van der Waals surface area contributed by atoms with Gasteiger partial charge in [-0.3, -0.25) is 14.5 Å². The van der Waals surface area contributed by atoms with Gasteiger partial charge in [-0.2, -0.15) is 0 Å². The first-order chi connectivity index (χ1) is 14.4. The highest BCUT2D eigenvalue weighted by molar-refractivity contribution is 8.18. The van der Waals surface area contributed by atoms with Gasteiger partial charge in [0.2, 0.25) is 0 Å². The van der Waals surface area contributed by atoms with E-state index < -0.39 is 11.9 Å². The summed E-state index contributed by atoms with van der Waals surface area (Å²) in [5.41, 5.74) is 1.57. The molecule has 4 rings (SSSR count). The lowest BCUT2D eigenvalue weighted by Crippen LogP contribution is -2.27. The molecule has 0 spiro atoms. The minimum Gasteiger partial charge on any atom is -0.478 e. The van der Waals surface area contributed by atoms with Crippen LogP contribution in [0.25, 0.3) is 17.4 Å². The summed E-state index contributed by atoms with van der Waals surface area (Å²) in [5, 5.41) is 9.10. The van der Waals surface area contributed by atoms with Gasteiger partial charge < -0.3 is 9.52 Å². The van der Waals surface area contributed by atoms with Crippen LogP contribution >= 0.6 is 23.4 Å². The van der Waals surface area contributed by atoms with E-state index in [9.17, 15) is 14.4 Å². The molecule has 0 aliphatic carbocycles. The lowest BCUT2D eigenvalue weighted by Gasteiger charge is -2.13. The largest absolute Gasteiger partial charge is 0.478 e. The van der Waals surface area contributed by atoms with Crippen LogP contribution in [0.3, 0.4) is 0 Å². The summed E-state index contributed by atoms with van der Waals surface area (Å²) in [6.07, 6.45) is 1.52. The molecule has 0 bridgehead atoms. The summed E-state index contributed by atoms with van der Waals surface area (Å²) in [5.74, 6) is -0.480.